The maximum Gasteiger partial charge on any atom is 0.219 e. The monoisotopic (exact) mass is 397 g/mol. The van der Waals surface area contributed by atoms with Gasteiger partial charge in [0, 0.05) is 28.7 Å². The Balaban J connectivity index is 1.73. The minimum Gasteiger partial charge on any atom is -0.493 e. The van der Waals surface area contributed by atoms with Crippen LogP contribution in [0, 0.1) is 0 Å². The fourth-order valence-corrected chi connectivity index (χ4v) is 3.41. The molecule has 7 heteroatoms. The molecule has 3 heterocycles. The third-order valence-electron chi connectivity index (χ3n) is 4.96. The van der Waals surface area contributed by atoms with Crippen LogP contribution in [0.4, 0.5) is 11.4 Å². The molecule has 0 unspecified atom stereocenters. The van der Waals surface area contributed by atoms with Crippen molar-refractivity contribution >= 4 is 17.0 Å². The second kappa shape index (κ2) is 6.97. The number of nitrogen functional groups attached to an aromatic ring is 2. The molecule has 0 aliphatic rings. The van der Waals surface area contributed by atoms with Crippen molar-refractivity contribution in [2.75, 3.05) is 11.5 Å². The number of aromatic hydroxyl groups is 1. The van der Waals surface area contributed by atoms with Crippen molar-refractivity contribution in [3.8, 4) is 28.4 Å². The molecule has 148 valence electrons. The third kappa shape index (κ3) is 3.12. The highest BCUT2D eigenvalue weighted by Crippen LogP contribution is 2.32. The van der Waals surface area contributed by atoms with Crippen LogP contribution in [0.5, 0.6) is 5.88 Å². The molecular formula is C23H19N5O2. The SMILES string of the molecule is Nc1ccc(-c2cn3c(O)c(Cc4ccco4)nc3c(-c3ccc(N)cc3)n2)cc1. The van der Waals surface area contributed by atoms with Gasteiger partial charge in [-0.25, -0.2) is 9.97 Å². The number of furan rings is 1. The maximum absolute atomic E-state index is 10.9. The minimum atomic E-state index is 0.0530. The fourth-order valence-electron chi connectivity index (χ4n) is 3.41. The molecule has 5 N–H and O–H groups in total. The summed E-state index contributed by atoms with van der Waals surface area (Å²) in [7, 11) is 0. The molecule has 0 fully saturated rings. The first-order valence-corrected chi connectivity index (χ1v) is 9.43. The zero-order valence-corrected chi connectivity index (χ0v) is 16.0. The number of aromatic nitrogens is 3. The Morgan fingerprint density at radius 3 is 2.17 bits per heavy atom. The van der Waals surface area contributed by atoms with Gasteiger partial charge in [-0.05, 0) is 36.4 Å². The molecule has 7 nitrogen and oxygen atoms in total. The molecule has 0 saturated carbocycles. The molecule has 0 bridgehead atoms. The van der Waals surface area contributed by atoms with Gasteiger partial charge in [-0.2, -0.15) is 0 Å². The van der Waals surface area contributed by atoms with E-state index in [1.807, 2.05) is 60.7 Å². The summed E-state index contributed by atoms with van der Waals surface area (Å²) in [5, 5.41) is 10.9. The van der Waals surface area contributed by atoms with Gasteiger partial charge in [-0.1, -0.05) is 24.3 Å². The van der Waals surface area contributed by atoms with Gasteiger partial charge in [0.2, 0.25) is 5.88 Å². The minimum absolute atomic E-state index is 0.0530. The van der Waals surface area contributed by atoms with Crippen LogP contribution in [0.2, 0.25) is 0 Å². The van der Waals surface area contributed by atoms with Gasteiger partial charge in [0.25, 0.3) is 0 Å². The van der Waals surface area contributed by atoms with E-state index in [4.69, 9.17) is 20.9 Å². The quantitative estimate of drug-likeness (QED) is 0.393. The van der Waals surface area contributed by atoms with Crippen molar-refractivity contribution in [1.82, 2.24) is 14.4 Å². The molecule has 3 aromatic heterocycles. The van der Waals surface area contributed by atoms with Crippen molar-refractivity contribution in [2.24, 2.45) is 0 Å². The van der Waals surface area contributed by atoms with Crippen molar-refractivity contribution < 1.29 is 9.52 Å². The summed E-state index contributed by atoms with van der Waals surface area (Å²) in [5.41, 5.74) is 17.1. The second-order valence-electron chi connectivity index (χ2n) is 7.05. The Labute approximate surface area is 172 Å². The third-order valence-corrected chi connectivity index (χ3v) is 4.96. The molecule has 0 amide bonds. The summed E-state index contributed by atoms with van der Waals surface area (Å²) in [6, 6.07) is 18.5. The molecule has 0 aliphatic heterocycles. The molecule has 2 aromatic carbocycles. The number of nitrogens with zero attached hydrogens (tertiary/aromatic N) is 3. The Bertz CT molecular complexity index is 1320. The van der Waals surface area contributed by atoms with E-state index in [1.54, 1.807) is 16.9 Å². The van der Waals surface area contributed by atoms with E-state index in [2.05, 4.69) is 4.98 Å². The summed E-state index contributed by atoms with van der Waals surface area (Å²) in [5.74, 6) is 0.770. The zero-order valence-electron chi connectivity index (χ0n) is 16.0. The average molecular weight is 397 g/mol. The Kier molecular flexibility index (Phi) is 4.14. The first kappa shape index (κ1) is 17.8. The van der Waals surface area contributed by atoms with Crippen LogP contribution in [0.1, 0.15) is 11.5 Å². The Morgan fingerprint density at radius 2 is 1.53 bits per heavy atom. The summed E-state index contributed by atoms with van der Waals surface area (Å²) in [6.07, 6.45) is 3.75. The lowest BCUT2D eigenvalue weighted by molar-refractivity contribution is 0.438. The van der Waals surface area contributed by atoms with Crippen molar-refractivity contribution in [2.45, 2.75) is 6.42 Å². The highest BCUT2D eigenvalue weighted by molar-refractivity contribution is 5.78. The summed E-state index contributed by atoms with van der Waals surface area (Å²) >= 11 is 0. The predicted octanol–water partition coefficient (Wildman–Crippen LogP) is 4.12. The van der Waals surface area contributed by atoms with Gasteiger partial charge in [0.05, 0.1) is 18.4 Å². The molecule has 30 heavy (non-hydrogen) atoms. The molecule has 5 rings (SSSR count). The van der Waals surface area contributed by atoms with E-state index >= 15 is 0 Å². The molecule has 0 atom stereocenters. The standard InChI is InChI=1S/C23H19N5O2/c24-16-7-3-14(4-8-16)20-13-28-22(21(26-20)15-5-9-17(25)10-6-15)27-19(23(28)29)12-18-2-1-11-30-18/h1-11,13,29H,12,24-25H2. The number of anilines is 2. The number of fused-ring (bicyclic) bond motifs is 1. The average Bonchev–Trinajstić information content (AvgIpc) is 3.37. The Hall–Kier alpha value is -4.26. The van der Waals surface area contributed by atoms with Gasteiger partial charge in [-0.3, -0.25) is 4.40 Å². The number of hydrogen-bond donors (Lipinski definition) is 3. The van der Waals surface area contributed by atoms with Gasteiger partial charge in [0.15, 0.2) is 5.65 Å². The van der Waals surface area contributed by atoms with E-state index in [-0.39, 0.29) is 5.88 Å². The highest BCUT2D eigenvalue weighted by Gasteiger charge is 2.19. The lowest BCUT2D eigenvalue weighted by atomic mass is 10.1. The largest absolute Gasteiger partial charge is 0.493 e. The van der Waals surface area contributed by atoms with Gasteiger partial charge in [-0.15, -0.1) is 0 Å². The van der Waals surface area contributed by atoms with Gasteiger partial charge >= 0.3 is 0 Å². The topological polar surface area (TPSA) is 116 Å². The lowest BCUT2D eigenvalue weighted by Crippen LogP contribution is -1.97. The smallest absolute Gasteiger partial charge is 0.219 e. The van der Waals surface area contributed by atoms with E-state index in [9.17, 15) is 5.11 Å². The molecule has 0 saturated heterocycles. The van der Waals surface area contributed by atoms with Crippen LogP contribution in [0.15, 0.2) is 77.5 Å². The van der Waals surface area contributed by atoms with Gasteiger partial charge < -0.3 is 21.0 Å². The van der Waals surface area contributed by atoms with Crippen LogP contribution in [0.3, 0.4) is 0 Å². The predicted molar refractivity (Wildman–Crippen MR) is 116 cm³/mol. The Morgan fingerprint density at radius 1 is 0.867 bits per heavy atom. The molecule has 0 radical (unpaired) electrons. The first-order chi connectivity index (χ1) is 14.6. The summed E-state index contributed by atoms with van der Waals surface area (Å²) in [4.78, 5) is 9.53. The zero-order chi connectivity index (χ0) is 20.7. The summed E-state index contributed by atoms with van der Waals surface area (Å²) in [6.45, 7) is 0. The normalized spacial score (nSPS) is 11.2. The number of imidazole rings is 1. The van der Waals surface area contributed by atoms with Crippen LogP contribution in [-0.4, -0.2) is 19.5 Å². The number of rotatable bonds is 4. The fraction of sp³-hybridized carbons (Fsp3) is 0.0435. The number of benzene rings is 2. The van der Waals surface area contributed by atoms with E-state index in [0.717, 1.165) is 16.9 Å². The van der Waals surface area contributed by atoms with Crippen LogP contribution in [0.25, 0.3) is 28.2 Å². The second-order valence-corrected chi connectivity index (χ2v) is 7.05. The van der Waals surface area contributed by atoms with E-state index in [0.29, 0.717) is 40.5 Å². The summed E-state index contributed by atoms with van der Waals surface area (Å²) < 4.78 is 7.07. The molecule has 5 aromatic rings. The first-order valence-electron chi connectivity index (χ1n) is 9.43. The number of hydrogen-bond acceptors (Lipinski definition) is 6. The molecular weight excluding hydrogens is 378 g/mol. The van der Waals surface area contributed by atoms with Crippen molar-refractivity contribution in [3.05, 3.63) is 84.6 Å². The highest BCUT2D eigenvalue weighted by atomic mass is 16.3. The maximum atomic E-state index is 10.9. The van der Waals surface area contributed by atoms with Crippen LogP contribution < -0.4 is 11.5 Å². The lowest BCUT2D eigenvalue weighted by Gasteiger charge is -2.09. The van der Waals surface area contributed by atoms with Crippen molar-refractivity contribution in [3.63, 3.8) is 0 Å². The van der Waals surface area contributed by atoms with Crippen LogP contribution in [-0.2, 0) is 6.42 Å². The molecule has 0 aliphatic carbocycles. The van der Waals surface area contributed by atoms with E-state index < -0.39 is 0 Å². The van der Waals surface area contributed by atoms with Crippen molar-refractivity contribution in [1.29, 1.82) is 0 Å². The van der Waals surface area contributed by atoms with Crippen LogP contribution >= 0.6 is 0 Å². The number of nitrogens with two attached hydrogens (primary N) is 2. The van der Waals surface area contributed by atoms with E-state index in [1.165, 1.54) is 0 Å². The molecule has 0 spiro atoms. The van der Waals surface area contributed by atoms with Gasteiger partial charge in [0.1, 0.15) is 17.1 Å².